The molecule has 9 heteroatoms. The zero-order valence-corrected chi connectivity index (χ0v) is 15.7. The van der Waals surface area contributed by atoms with Crippen LogP contribution in [0.5, 0.6) is 5.75 Å². The van der Waals surface area contributed by atoms with Crippen molar-refractivity contribution in [2.45, 2.75) is 4.90 Å². The van der Waals surface area contributed by atoms with Crippen molar-refractivity contribution in [2.75, 3.05) is 13.7 Å². The maximum atomic E-state index is 12.7. The van der Waals surface area contributed by atoms with Gasteiger partial charge in [0, 0.05) is 11.1 Å². The Morgan fingerprint density at radius 3 is 2.46 bits per heavy atom. The third-order valence-electron chi connectivity index (χ3n) is 3.83. The second-order valence-corrected chi connectivity index (χ2v) is 7.38. The maximum absolute atomic E-state index is 12.7. The van der Waals surface area contributed by atoms with E-state index < -0.39 is 10.0 Å². The smallest absolute Gasteiger partial charge is 0.284 e. The molecule has 8 nitrogen and oxygen atoms in total. The molecule has 1 amide bonds. The number of hydrogen-bond donors (Lipinski definition) is 1. The number of methoxy groups -OCH3 is 1. The summed E-state index contributed by atoms with van der Waals surface area (Å²) in [6.45, 7) is 0.0893. The number of hydrogen-bond acceptors (Lipinski definition) is 6. The highest BCUT2D eigenvalue weighted by molar-refractivity contribution is 7.89. The number of terminal acetylenes is 1. The second kappa shape index (κ2) is 7.94. The third kappa shape index (κ3) is 3.87. The molecule has 1 heterocycles. The Hall–Kier alpha value is -3.64. The summed E-state index contributed by atoms with van der Waals surface area (Å²) in [6.07, 6.45) is 6.22. The molecule has 142 valence electrons. The van der Waals surface area contributed by atoms with Crippen molar-refractivity contribution in [3.05, 3.63) is 60.4 Å². The topological polar surface area (TPSA) is 103 Å². The molecule has 0 fully saturated rings. The Bertz CT molecular complexity index is 1130. The number of aromatic nitrogens is 3. The van der Waals surface area contributed by atoms with Crippen LogP contribution in [0.1, 0.15) is 10.4 Å². The minimum atomic E-state index is -3.94. The van der Waals surface area contributed by atoms with E-state index in [9.17, 15) is 13.2 Å². The van der Waals surface area contributed by atoms with Gasteiger partial charge in [0.25, 0.3) is 15.9 Å². The van der Waals surface area contributed by atoms with Gasteiger partial charge in [0.2, 0.25) is 0 Å². The Kier molecular flexibility index (Phi) is 5.42. The van der Waals surface area contributed by atoms with Crippen LogP contribution in [0.4, 0.5) is 0 Å². The Balaban J connectivity index is 1.84. The largest absolute Gasteiger partial charge is 0.497 e. The SMILES string of the molecule is C#CCNC(=O)c1ccc(S(=O)(=O)n2cnc(-c3ccc(OC)cc3)n2)cc1. The zero-order valence-electron chi connectivity index (χ0n) is 14.9. The number of carbonyl (C=O) groups is 1. The van der Waals surface area contributed by atoms with Crippen molar-refractivity contribution in [3.63, 3.8) is 0 Å². The number of ether oxygens (including phenoxy) is 1. The van der Waals surface area contributed by atoms with Crippen molar-refractivity contribution in [3.8, 4) is 29.5 Å². The van der Waals surface area contributed by atoms with Gasteiger partial charge in [-0.3, -0.25) is 4.79 Å². The van der Waals surface area contributed by atoms with Gasteiger partial charge in [-0.15, -0.1) is 15.6 Å². The van der Waals surface area contributed by atoms with Crippen LogP contribution in [0.3, 0.4) is 0 Å². The van der Waals surface area contributed by atoms with Gasteiger partial charge in [0.15, 0.2) is 5.82 Å². The van der Waals surface area contributed by atoms with E-state index in [0.29, 0.717) is 16.9 Å². The third-order valence-corrected chi connectivity index (χ3v) is 5.37. The van der Waals surface area contributed by atoms with Gasteiger partial charge in [0.05, 0.1) is 18.6 Å². The van der Waals surface area contributed by atoms with Crippen molar-refractivity contribution in [1.82, 2.24) is 19.5 Å². The number of nitrogens with one attached hydrogen (secondary N) is 1. The molecule has 0 saturated heterocycles. The lowest BCUT2D eigenvalue weighted by Crippen LogP contribution is -2.23. The molecule has 0 aliphatic carbocycles. The minimum Gasteiger partial charge on any atom is -0.497 e. The summed E-state index contributed by atoms with van der Waals surface area (Å²) in [5.41, 5.74) is 0.946. The van der Waals surface area contributed by atoms with E-state index in [4.69, 9.17) is 11.2 Å². The van der Waals surface area contributed by atoms with Crippen LogP contribution in [-0.2, 0) is 10.0 Å². The summed E-state index contributed by atoms with van der Waals surface area (Å²) in [6, 6.07) is 12.4. The predicted molar refractivity (Wildman–Crippen MR) is 102 cm³/mol. The van der Waals surface area contributed by atoms with Gasteiger partial charge >= 0.3 is 0 Å². The summed E-state index contributed by atoms with van der Waals surface area (Å²) < 4.78 is 31.4. The summed E-state index contributed by atoms with van der Waals surface area (Å²) in [5, 5.41) is 6.56. The first kappa shape index (κ1) is 19.1. The fourth-order valence-corrected chi connectivity index (χ4v) is 3.41. The number of rotatable bonds is 6. The lowest BCUT2D eigenvalue weighted by atomic mass is 10.2. The quantitative estimate of drug-likeness (QED) is 0.634. The molecule has 2 aromatic carbocycles. The summed E-state index contributed by atoms with van der Waals surface area (Å²) in [4.78, 5) is 15.9. The first-order valence-corrected chi connectivity index (χ1v) is 9.53. The Morgan fingerprint density at radius 2 is 1.86 bits per heavy atom. The van der Waals surface area contributed by atoms with Crippen LogP contribution in [-0.4, -0.2) is 42.1 Å². The second-order valence-electron chi connectivity index (χ2n) is 5.59. The van der Waals surface area contributed by atoms with Crippen molar-refractivity contribution in [2.24, 2.45) is 0 Å². The molecular formula is C19H16N4O4S. The van der Waals surface area contributed by atoms with Crippen LogP contribution in [0.15, 0.2) is 59.8 Å². The highest BCUT2D eigenvalue weighted by Crippen LogP contribution is 2.20. The van der Waals surface area contributed by atoms with E-state index in [1.54, 1.807) is 31.4 Å². The number of benzene rings is 2. The first-order chi connectivity index (χ1) is 13.5. The van der Waals surface area contributed by atoms with Gasteiger partial charge in [-0.05, 0) is 48.5 Å². The highest BCUT2D eigenvalue weighted by Gasteiger charge is 2.20. The van der Waals surface area contributed by atoms with Crippen LogP contribution in [0.2, 0.25) is 0 Å². The molecule has 1 aromatic heterocycles. The molecule has 0 aliphatic rings. The molecule has 0 radical (unpaired) electrons. The van der Waals surface area contributed by atoms with Crippen LogP contribution in [0.25, 0.3) is 11.4 Å². The normalized spacial score (nSPS) is 10.9. The Labute approximate surface area is 162 Å². The molecule has 0 saturated carbocycles. The maximum Gasteiger partial charge on any atom is 0.284 e. The molecule has 28 heavy (non-hydrogen) atoms. The van der Waals surface area contributed by atoms with E-state index in [2.05, 4.69) is 21.3 Å². The van der Waals surface area contributed by atoms with E-state index >= 15 is 0 Å². The van der Waals surface area contributed by atoms with Gasteiger partial charge in [-0.1, -0.05) is 5.92 Å². The summed E-state index contributed by atoms with van der Waals surface area (Å²) in [7, 11) is -2.39. The standard InChI is InChI=1S/C19H16N4O4S/c1-3-12-20-19(24)15-6-10-17(11-7-15)28(25,26)23-13-21-18(22-23)14-4-8-16(27-2)9-5-14/h1,4-11,13H,12H2,2H3,(H,20,24). The predicted octanol–water partition coefficient (Wildman–Crippen LogP) is 1.55. The van der Waals surface area contributed by atoms with Crippen LogP contribution >= 0.6 is 0 Å². The van der Waals surface area contributed by atoms with Crippen molar-refractivity contribution >= 4 is 15.9 Å². The lowest BCUT2D eigenvalue weighted by molar-refractivity contribution is 0.0958. The average Bonchev–Trinajstić information content (AvgIpc) is 3.23. The average molecular weight is 396 g/mol. The van der Waals surface area contributed by atoms with Crippen LogP contribution < -0.4 is 10.1 Å². The summed E-state index contributed by atoms with van der Waals surface area (Å²) in [5.74, 6) is 2.84. The fourth-order valence-electron chi connectivity index (χ4n) is 2.36. The van der Waals surface area contributed by atoms with Gasteiger partial charge in [-0.25, -0.2) is 4.98 Å². The summed E-state index contributed by atoms with van der Waals surface area (Å²) >= 11 is 0. The van der Waals surface area contributed by atoms with E-state index in [-0.39, 0.29) is 23.2 Å². The minimum absolute atomic E-state index is 0.0211. The molecule has 0 aliphatic heterocycles. The van der Waals surface area contributed by atoms with E-state index in [1.807, 2.05) is 0 Å². The van der Waals surface area contributed by atoms with Gasteiger partial charge in [0.1, 0.15) is 12.1 Å². The number of amides is 1. The van der Waals surface area contributed by atoms with Crippen molar-refractivity contribution in [1.29, 1.82) is 0 Å². The van der Waals surface area contributed by atoms with Crippen molar-refractivity contribution < 1.29 is 17.9 Å². The molecule has 3 aromatic rings. The molecule has 3 rings (SSSR count). The zero-order chi connectivity index (χ0) is 20.1. The molecule has 0 unspecified atom stereocenters. The monoisotopic (exact) mass is 396 g/mol. The van der Waals surface area contributed by atoms with E-state index in [0.717, 1.165) is 10.4 Å². The molecular weight excluding hydrogens is 380 g/mol. The molecule has 1 N–H and O–H groups in total. The molecule has 0 spiro atoms. The molecule has 0 bridgehead atoms. The van der Waals surface area contributed by atoms with Crippen LogP contribution in [0, 0.1) is 12.3 Å². The molecule has 0 atom stereocenters. The lowest BCUT2D eigenvalue weighted by Gasteiger charge is -2.05. The Morgan fingerprint density at radius 1 is 1.18 bits per heavy atom. The first-order valence-electron chi connectivity index (χ1n) is 8.09. The number of nitrogens with zero attached hydrogens (tertiary/aromatic N) is 3. The van der Waals surface area contributed by atoms with E-state index in [1.165, 1.54) is 24.3 Å². The highest BCUT2D eigenvalue weighted by atomic mass is 32.2. The van der Waals surface area contributed by atoms with Gasteiger partial charge < -0.3 is 10.1 Å². The fraction of sp³-hybridized carbons (Fsp3) is 0.105. The number of carbonyl (C=O) groups excluding carboxylic acids is 1. The van der Waals surface area contributed by atoms with Gasteiger partial charge in [-0.2, -0.15) is 8.42 Å².